The van der Waals surface area contributed by atoms with Crippen LogP contribution in [0.25, 0.3) is 0 Å². The van der Waals surface area contributed by atoms with E-state index in [1.165, 1.54) is 83.8 Å². The van der Waals surface area contributed by atoms with E-state index >= 15 is 0 Å². The lowest BCUT2D eigenvalue weighted by Crippen LogP contribution is -2.67. The molecule has 2 unspecified atom stereocenters. The van der Waals surface area contributed by atoms with Gasteiger partial charge in [-0.2, -0.15) is 0 Å². The van der Waals surface area contributed by atoms with Crippen LogP contribution in [0.4, 0.5) is 0 Å². The molecule has 21 heavy (non-hydrogen) atoms. The van der Waals surface area contributed by atoms with E-state index in [1.807, 2.05) is 0 Å². The first-order valence-electron chi connectivity index (χ1n) is 9.56. The van der Waals surface area contributed by atoms with Crippen molar-refractivity contribution in [1.82, 2.24) is 9.80 Å². The average Bonchev–Trinajstić information content (AvgIpc) is 2.94. The van der Waals surface area contributed by atoms with Crippen LogP contribution >= 0.6 is 0 Å². The number of hydrogen-bond donors (Lipinski definition) is 1. The van der Waals surface area contributed by atoms with E-state index in [4.69, 9.17) is 5.73 Å². The summed E-state index contributed by atoms with van der Waals surface area (Å²) >= 11 is 0. The lowest BCUT2D eigenvalue weighted by Gasteiger charge is -2.55. The van der Waals surface area contributed by atoms with Crippen molar-refractivity contribution in [3.8, 4) is 0 Å². The predicted molar refractivity (Wildman–Crippen MR) is 87.3 cm³/mol. The molecular formula is C18H33N3. The van der Waals surface area contributed by atoms with E-state index in [2.05, 4.69) is 9.80 Å². The van der Waals surface area contributed by atoms with Gasteiger partial charge in [-0.25, -0.2) is 0 Å². The number of nitrogens with two attached hydrogens (primary N) is 1. The standard InChI is InChI=1S/C18H33N3/c19-14-18(10-13-20-11-4-3-9-17(18)20)21-12-5-7-15-6-1-2-8-16(15)21/h15-17H,1-14,19H2/t15-,16-,17?,18?/m1/s1. The minimum absolute atomic E-state index is 0.321. The average molecular weight is 291 g/mol. The first-order chi connectivity index (χ1) is 10.3. The maximum atomic E-state index is 6.46. The van der Waals surface area contributed by atoms with Crippen LogP contribution in [0.1, 0.15) is 64.2 Å². The highest BCUT2D eigenvalue weighted by atomic mass is 15.3. The number of likely N-dealkylation sites (tertiary alicyclic amines) is 1. The van der Waals surface area contributed by atoms with E-state index in [9.17, 15) is 0 Å². The summed E-state index contributed by atoms with van der Waals surface area (Å²) in [6, 6.07) is 1.62. The van der Waals surface area contributed by atoms with Gasteiger partial charge < -0.3 is 5.73 Å². The Balaban J connectivity index is 1.62. The fourth-order valence-electron chi connectivity index (χ4n) is 6.24. The first-order valence-corrected chi connectivity index (χ1v) is 9.56. The molecule has 0 bridgehead atoms. The highest BCUT2D eigenvalue weighted by Crippen LogP contribution is 2.45. The molecule has 3 heteroatoms. The second-order valence-corrected chi connectivity index (χ2v) is 8.05. The molecule has 0 aromatic carbocycles. The van der Waals surface area contributed by atoms with Crippen LogP contribution in [0.2, 0.25) is 0 Å². The van der Waals surface area contributed by atoms with Crippen molar-refractivity contribution in [2.45, 2.75) is 81.8 Å². The van der Waals surface area contributed by atoms with Crippen molar-refractivity contribution < 1.29 is 0 Å². The van der Waals surface area contributed by atoms with Crippen LogP contribution in [-0.2, 0) is 0 Å². The summed E-state index contributed by atoms with van der Waals surface area (Å²) in [5.41, 5.74) is 6.78. The Morgan fingerprint density at radius 3 is 2.57 bits per heavy atom. The summed E-state index contributed by atoms with van der Waals surface area (Å²) < 4.78 is 0. The predicted octanol–water partition coefficient (Wildman–Crippen LogP) is 2.60. The molecule has 3 heterocycles. The Morgan fingerprint density at radius 2 is 1.67 bits per heavy atom. The lowest BCUT2D eigenvalue weighted by molar-refractivity contribution is -0.0474. The summed E-state index contributed by atoms with van der Waals surface area (Å²) in [6.07, 6.45) is 14.3. The summed E-state index contributed by atoms with van der Waals surface area (Å²) in [5, 5.41) is 0. The van der Waals surface area contributed by atoms with Crippen LogP contribution in [0.15, 0.2) is 0 Å². The van der Waals surface area contributed by atoms with E-state index in [1.54, 1.807) is 0 Å². The van der Waals surface area contributed by atoms with Crippen LogP contribution in [-0.4, -0.2) is 53.6 Å². The third-order valence-electron chi connectivity index (χ3n) is 7.23. The van der Waals surface area contributed by atoms with Crippen molar-refractivity contribution >= 4 is 0 Å². The maximum Gasteiger partial charge on any atom is 0.0501 e. The Kier molecular flexibility index (Phi) is 4.01. The monoisotopic (exact) mass is 291 g/mol. The van der Waals surface area contributed by atoms with Gasteiger partial charge in [-0.05, 0) is 64.0 Å². The Bertz CT molecular complexity index is 369. The van der Waals surface area contributed by atoms with Crippen molar-refractivity contribution in [1.29, 1.82) is 0 Å². The Labute approximate surface area is 130 Å². The minimum Gasteiger partial charge on any atom is -0.329 e. The topological polar surface area (TPSA) is 32.5 Å². The summed E-state index contributed by atoms with van der Waals surface area (Å²) in [6.45, 7) is 4.84. The van der Waals surface area contributed by atoms with Gasteiger partial charge in [-0.3, -0.25) is 9.80 Å². The molecule has 4 atom stereocenters. The van der Waals surface area contributed by atoms with E-state index in [0.29, 0.717) is 5.54 Å². The Hall–Kier alpha value is -0.120. The lowest BCUT2D eigenvalue weighted by atomic mass is 9.73. The van der Waals surface area contributed by atoms with Gasteiger partial charge in [-0.15, -0.1) is 0 Å². The zero-order valence-electron chi connectivity index (χ0n) is 13.6. The van der Waals surface area contributed by atoms with Gasteiger partial charge in [0.15, 0.2) is 0 Å². The molecule has 0 spiro atoms. The quantitative estimate of drug-likeness (QED) is 0.849. The van der Waals surface area contributed by atoms with E-state index in [-0.39, 0.29) is 0 Å². The molecule has 3 aliphatic heterocycles. The van der Waals surface area contributed by atoms with Gasteiger partial charge in [-0.1, -0.05) is 19.3 Å². The van der Waals surface area contributed by atoms with Crippen molar-refractivity contribution in [2.75, 3.05) is 26.2 Å². The van der Waals surface area contributed by atoms with Gasteiger partial charge in [0.25, 0.3) is 0 Å². The largest absolute Gasteiger partial charge is 0.329 e. The number of rotatable bonds is 2. The number of nitrogens with zero attached hydrogens (tertiary/aromatic N) is 2. The molecule has 0 radical (unpaired) electrons. The minimum atomic E-state index is 0.321. The second-order valence-electron chi connectivity index (χ2n) is 8.05. The van der Waals surface area contributed by atoms with Gasteiger partial charge in [0.2, 0.25) is 0 Å². The van der Waals surface area contributed by atoms with Gasteiger partial charge in [0.1, 0.15) is 0 Å². The molecule has 2 N–H and O–H groups in total. The number of piperidine rings is 2. The fraction of sp³-hybridized carbons (Fsp3) is 1.00. The van der Waals surface area contributed by atoms with Crippen LogP contribution in [0.5, 0.6) is 0 Å². The smallest absolute Gasteiger partial charge is 0.0501 e. The molecule has 0 aromatic rings. The van der Waals surface area contributed by atoms with Crippen LogP contribution in [0, 0.1) is 5.92 Å². The zero-order chi connectivity index (χ0) is 14.3. The number of hydrogen-bond acceptors (Lipinski definition) is 3. The second kappa shape index (κ2) is 5.82. The van der Waals surface area contributed by atoms with Gasteiger partial charge in [0.05, 0.1) is 5.54 Å². The summed E-state index contributed by atoms with van der Waals surface area (Å²) in [7, 11) is 0. The Morgan fingerprint density at radius 1 is 0.857 bits per heavy atom. The third-order valence-corrected chi connectivity index (χ3v) is 7.23. The normalized spacial score (nSPS) is 45.3. The molecule has 1 aliphatic carbocycles. The SMILES string of the molecule is NCC1(N2CCC[C@H]3CCCC[C@H]32)CCN2CCCCC21. The molecule has 4 aliphatic rings. The molecule has 0 aromatic heterocycles. The molecule has 1 saturated carbocycles. The van der Waals surface area contributed by atoms with Crippen molar-refractivity contribution in [2.24, 2.45) is 11.7 Å². The van der Waals surface area contributed by atoms with Crippen molar-refractivity contribution in [3.63, 3.8) is 0 Å². The van der Waals surface area contributed by atoms with Gasteiger partial charge in [0, 0.05) is 25.2 Å². The molecule has 120 valence electrons. The molecule has 3 nitrogen and oxygen atoms in total. The number of fused-ring (bicyclic) bond motifs is 2. The molecule has 4 fully saturated rings. The summed E-state index contributed by atoms with van der Waals surface area (Å²) in [4.78, 5) is 5.74. The summed E-state index contributed by atoms with van der Waals surface area (Å²) in [5.74, 6) is 0.980. The molecule has 3 saturated heterocycles. The van der Waals surface area contributed by atoms with E-state index in [0.717, 1.165) is 24.5 Å². The van der Waals surface area contributed by atoms with Crippen LogP contribution < -0.4 is 5.73 Å². The molecular weight excluding hydrogens is 258 g/mol. The van der Waals surface area contributed by atoms with E-state index < -0.39 is 0 Å². The highest BCUT2D eigenvalue weighted by Gasteiger charge is 2.53. The molecule has 0 amide bonds. The maximum absolute atomic E-state index is 6.46. The van der Waals surface area contributed by atoms with Crippen LogP contribution in [0.3, 0.4) is 0 Å². The molecule has 4 rings (SSSR count). The third kappa shape index (κ3) is 2.27. The highest BCUT2D eigenvalue weighted by molar-refractivity contribution is 5.11. The van der Waals surface area contributed by atoms with Crippen molar-refractivity contribution in [3.05, 3.63) is 0 Å². The van der Waals surface area contributed by atoms with Gasteiger partial charge >= 0.3 is 0 Å². The first kappa shape index (κ1) is 14.5. The fourth-order valence-corrected chi connectivity index (χ4v) is 6.24. The zero-order valence-corrected chi connectivity index (χ0v) is 13.6.